The summed E-state index contributed by atoms with van der Waals surface area (Å²) >= 11 is 11.7. The van der Waals surface area contributed by atoms with E-state index in [9.17, 15) is 0 Å². The SMILES string of the molecule is CNCC#Cc1c[nH]c2nc(Cl)nc(Cl)c12. The van der Waals surface area contributed by atoms with Crippen LogP contribution in [0.1, 0.15) is 5.56 Å². The molecule has 2 aromatic rings. The highest BCUT2D eigenvalue weighted by atomic mass is 35.5. The van der Waals surface area contributed by atoms with Crippen molar-refractivity contribution in [2.75, 3.05) is 13.6 Å². The molecule has 0 aliphatic rings. The highest BCUT2D eigenvalue weighted by Crippen LogP contribution is 2.24. The lowest BCUT2D eigenvalue weighted by atomic mass is 10.2. The summed E-state index contributed by atoms with van der Waals surface area (Å²) in [6, 6.07) is 0. The quantitative estimate of drug-likeness (QED) is 0.464. The molecule has 0 radical (unpaired) electrons. The van der Waals surface area contributed by atoms with Gasteiger partial charge in [0.15, 0.2) is 0 Å². The van der Waals surface area contributed by atoms with Crippen LogP contribution in [-0.2, 0) is 0 Å². The first-order valence-electron chi connectivity index (χ1n) is 4.56. The van der Waals surface area contributed by atoms with Crippen molar-refractivity contribution in [1.29, 1.82) is 0 Å². The van der Waals surface area contributed by atoms with Crippen molar-refractivity contribution in [3.8, 4) is 11.8 Å². The topological polar surface area (TPSA) is 53.6 Å². The smallest absolute Gasteiger partial charge is 0.225 e. The van der Waals surface area contributed by atoms with Crippen molar-refractivity contribution in [2.24, 2.45) is 0 Å². The van der Waals surface area contributed by atoms with Gasteiger partial charge in [-0.1, -0.05) is 23.4 Å². The minimum absolute atomic E-state index is 0.120. The highest BCUT2D eigenvalue weighted by Gasteiger charge is 2.09. The average molecular weight is 255 g/mol. The molecule has 0 atom stereocenters. The maximum atomic E-state index is 5.98. The molecule has 2 heterocycles. The molecule has 0 spiro atoms. The van der Waals surface area contributed by atoms with E-state index in [-0.39, 0.29) is 5.28 Å². The second-order valence-electron chi connectivity index (χ2n) is 3.04. The lowest BCUT2D eigenvalue weighted by molar-refractivity contribution is 0.938. The largest absolute Gasteiger partial charge is 0.345 e. The molecule has 0 aliphatic heterocycles. The zero-order valence-electron chi connectivity index (χ0n) is 8.43. The number of nitrogens with one attached hydrogen (secondary N) is 2. The van der Waals surface area contributed by atoms with Crippen molar-refractivity contribution < 1.29 is 0 Å². The molecule has 0 saturated carbocycles. The van der Waals surface area contributed by atoms with Gasteiger partial charge in [0.05, 0.1) is 17.5 Å². The molecule has 2 rings (SSSR count). The molecule has 82 valence electrons. The molecule has 0 aromatic carbocycles. The maximum absolute atomic E-state index is 5.98. The number of fused-ring (bicyclic) bond motifs is 1. The number of H-pyrrole nitrogens is 1. The standard InChI is InChI=1S/C10H8Cl2N4/c1-13-4-2-3-6-5-14-9-7(6)8(11)15-10(12)16-9/h5,13H,4H2,1H3,(H,14,15,16). The highest BCUT2D eigenvalue weighted by molar-refractivity contribution is 6.36. The summed E-state index contributed by atoms with van der Waals surface area (Å²) in [6.07, 6.45) is 1.74. The van der Waals surface area contributed by atoms with Crippen LogP contribution in [0.4, 0.5) is 0 Å². The van der Waals surface area contributed by atoms with E-state index in [0.29, 0.717) is 22.7 Å². The molecular formula is C10H8Cl2N4. The van der Waals surface area contributed by atoms with Crippen LogP contribution < -0.4 is 5.32 Å². The fourth-order valence-corrected chi connectivity index (χ4v) is 1.77. The van der Waals surface area contributed by atoms with Gasteiger partial charge in [-0.3, -0.25) is 0 Å². The molecule has 16 heavy (non-hydrogen) atoms. The molecule has 0 saturated heterocycles. The molecule has 2 N–H and O–H groups in total. The van der Waals surface area contributed by atoms with Gasteiger partial charge in [-0.05, 0) is 18.6 Å². The third-order valence-corrected chi connectivity index (χ3v) is 2.39. The molecule has 6 heteroatoms. The van der Waals surface area contributed by atoms with Gasteiger partial charge < -0.3 is 10.3 Å². The Morgan fingerprint density at radius 1 is 1.44 bits per heavy atom. The van der Waals surface area contributed by atoms with Gasteiger partial charge in [0.1, 0.15) is 10.8 Å². The van der Waals surface area contributed by atoms with Crippen molar-refractivity contribution >= 4 is 34.2 Å². The van der Waals surface area contributed by atoms with Gasteiger partial charge in [-0.15, -0.1) is 0 Å². The van der Waals surface area contributed by atoms with Crippen LogP contribution >= 0.6 is 23.2 Å². The Balaban J connectivity index is 2.53. The van der Waals surface area contributed by atoms with E-state index < -0.39 is 0 Å². The number of nitrogens with zero attached hydrogens (tertiary/aromatic N) is 2. The van der Waals surface area contributed by atoms with Crippen LogP contribution in [0.15, 0.2) is 6.20 Å². The Bertz CT molecular complexity index is 579. The van der Waals surface area contributed by atoms with Crippen molar-refractivity contribution in [3.63, 3.8) is 0 Å². The van der Waals surface area contributed by atoms with Crippen molar-refractivity contribution in [1.82, 2.24) is 20.3 Å². The van der Waals surface area contributed by atoms with E-state index in [0.717, 1.165) is 5.56 Å². The minimum Gasteiger partial charge on any atom is -0.345 e. The molecule has 0 fully saturated rings. The summed E-state index contributed by atoms with van der Waals surface area (Å²) in [4.78, 5) is 10.8. The van der Waals surface area contributed by atoms with Gasteiger partial charge in [-0.2, -0.15) is 4.98 Å². The minimum atomic E-state index is 0.120. The Morgan fingerprint density at radius 3 is 3.00 bits per heavy atom. The van der Waals surface area contributed by atoms with E-state index >= 15 is 0 Å². The van der Waals surface area contributed by atoms with Gasteiger partial charge in [0.25, 0.3) is 0 Å². The third-order valence-electron chi connectivity index (χ3n) is 1.95. The van der Waals surface area contributed by atoms with Crippen molar-refractivity contribution in [3.05, 3.63) is 22.2 Å². The first-order chi connectivity index (χ1) is 7.72. The summed E-state index contributed by atoms with van der Waals surface area (Å²) < 4.78 is 0. The normalized spacial score (nSPS) is 10.2. The van der Waals surface area contributed by atoms with Crippen LogP contribution in [0.25, 0.3) is 11.0 Å². The molecule has 0 unspecified atom stereocenters. The monoisotopic (exact) mass is 254 g/mol. The Labute approximate surface area is 102 Å². The molecule has 0 amide bonds. The van der Waals surface area contributed by atoms with Crippen LogP contribution in [0.3, 0.4) is 0 Å². The molecule has 0 bridgehead atoms. The first-order valence-corrected chi connectivity index (χ1v) is 5.31. The van der Waals surface area contributed by atoms with E-state index in [1.807, 2.05) is 7.05 Å². The second kappa shape index (κ2) is 4.71. The number of hydrogen-bond acceptors (Lipinski definition) is 3. The fourth-order valence-electron chi connectivity index (χ4n) is 1.29. The van der Waals surface area contributed by atoms with E-state index in [2.05, 4.69) is 32.1 Å². The van der Waals surface area contributed by atoms with Crippen LogP contribution in [0, 0.1) is 11.8 Å². The summed E-state index contributed by atoms with van der Waals surface area (Å²) in [5, 5.41) is 4.07. The van der Waals surface area contributed by atoms with E-state index in [1.54, 1.807) is 6.20 Å². The van der Waals surface area contributed by atoms with Crippen LogP contribution in [-0.4, -0.2) is 28.5 Å². The van der Waals surface area contributed by atoms with Crippen LogP contribution in [0.5, 0.6) is 0 Å². The predicted octanol–water partition coefficient (Wildman–Crippen LogP) is 1.84. The summed E-state index contributed by atoms with van der Waals surface area (Å²) in [6.45, 7) is 0.610. The number of aromatic nitrogens is 3. The zero-order valence-corrected chi connectivity index (χ0v) is 9.95. The molecular weight excluding hydrogens is 247 g/mol. The van der Waals surface area contributed by atoms with Gasteiger partial charge in [0, 0.05) is 6.20 Å². The van der Waals surface area contributed by atoms with Gasteiger partial charge in [0.2, 0.25) is 5.28 Å². The molecule has 4 nitrogen and oxygen atoms in total. The van der Waals surface area contributed by atoms with E-state index in [1.165, 1.54) is 0 Å². The number of hydrogen-bond donors (Lipinski definition) is 2. The summed E-state index contributed by atoms with van der Waals surface area (Å²) in [7, 11) is 1.83. The third kappa shape index (κ3) is 2.12. The first kappa shape index (κ1) is 11.2. The average Bonchev–Trinajstić information content (AvgIpc) is 2.62. The molecule has 0 aliphatic carbocycles. The lowest BCUT2D eigenvalue weighted by Gasteiger charge is -1.94. The number of halogens is 2. The maximum Gasteiger partial charge on any atom is 0.225 e. The summed E-state index contributed by atoms with van der Waals surface area (Å²) in [5.41, 5.74) is 1.37. The van der Waals surface area contributed by atoms with E-state index in [4.69, 9.17) is 23.2 Å². The zero-order chi connectivity index (χ0) is 11.5. The number of rotatable bonds is 1. The van der Waals surface area contributed by atoms with Gasteiger partial charge >= 0.3 is 0 Å². The van der Waals surface area contributed by atoms with Crippen molar-refractivity contribution in [2.45, 2.75) is 0 Å². The predicted molar refractivity (Wildman–Crippen MR) is 64.7 cm³/mol. The Kier molecular flexibility index (Phi) is 3.30. The lowest BCUT2D eigenvalue weighted by Crippen LogP contribution is -2.04. The molecule has 2 aromatic heterocycles. The Hall–Kier alpha value is -1.28. The number of aromatic amines is 1. The van der Waals surface area contributed by atoms with Crippen LogP contribution in [0.2, 0.25) is 10.4 Å². The fraction of sp³-hybridized carbons (Fsp3) is 0.200. The Morgan fingerprint density at radius 2 is 2.25 bits per heavy atom. The summed E-state index contributed by atoms with van der Waals surface area (Å²) in [5.74, 6) is 5.92. The van der Waals surface area contributed by atoms with Gasteiger partial charge in [-0.25, -0.2) is 4.98 Å². The second-order valence-corrected chi connectivity index (χ2v) is 3.74.